The van der Waals surface area contributed by atoms with Crippen molar-refractivity contribution < 1.29 is 4.79 Å². The zero-order valence-electron chi connectivity index (χ0n) is 9.34. The monoisotopic (exact) mass is 230 g/mol. The van der Waals surface area contributed by atoms with Gasteiger partial charge >= 0.3 is 0 Å². The van der Waals surface area contributed by atoms with E-state index in [4.69, 9.17) is 5.73 Å². The minimum absolute atomic E-state index is 0.116. The van der Waals surface area contributed by atoms with Crippen LogP contribution in [-0.2, 0) is 17.9 Å². The Hall–Kier alpha value is -2.14. The second kappa shape index (κ2) is 5.27. The largest absolute Gasteiger partial charge is 0.326 e. The number of benzene rings is 1. The summed E-state index contributed by atoms with van der Waals surface area (Å²) in [5.41, 5.74) is 7.27. The number of hydrogen-bond acceptors (Lipinski definition) is 3. The number of carbonyl (C=O) groups is 1. The van der Waals surface area contributed by atoms with E-state index in [0.29, 0.717) is 6.54 Å². The van der Waals surface area contributed by atoms with Gasteiger partial charge in [-0.2, -0.15) is 5.10 Å². The molecule has 5 heteroatoms. The molecule has 5 nitrogen and oxygen atoms in total. The Balaban J connectivity index is 2.03. The van der Waals surface area contributed by atoms with Gasteiger partial charge in [-0.1, -0.05) is 18.2 Å². The summed E-state index contributed by atoms with van der Waals surface area (Å²) in [6.07, 6.45) is 3.38. The van der Waals surface area contributed by atoms with Crippen LogP contribution in [0.4, 0.5) is 5.69 Å². The van der Waals surface area contributed by atoms with Crippen LogP contribution in [-0.4, -0.2) is 15.7 Å². The summed E-state index contributed by atoms with van der Waals surface area (Å²) in [5.74, 6) is -0.116. The van der Waals surface area contributed by atoms with Crippen molar-refractivity contribution in [1.29, 1.82) is 0 Å². The Kier molecular flexibility index (Phi) is 3.52. The van der Waals surface area contributed by atoms with Crippen LogP contribution < -0.4 is 11.1 Å². The first kappa shape index (κ1) is 11.3. The molecule has 88 valence electrons. The van der Waals surface area contributed by atoms with Gasteiger partial charge in [0.1, 0.15) is 6.54 Å². The number of amides is 1. The number of aromatic nitrogens is 2. The van der Waals surface area contributed by atoms with Crippen LogP contribution in [0.2, 0.25) is 0 Å². The van der Waals surface area contributed by atoms with Crippen LogP contribution in [0.15, 0.2) is 42.7 Å². The predicted molar refractivity (Wildman–Crippen MR) is 65.2 cm³/mol. The second-order valence-electron chi connectivity index (χ2n) is 3.61. The van der Waals surface area contributed by atoms with Gasteiger partial charge in [-0.05, 0) is 17.7 Å². The summed E-state index contributed by atoms with van der Waals surface area (Å²) in [4.78, 5) is 11.7. The van der Waals surface area contributed by atoms with Gasteiger partial charge in [-0.25, -0.2) is 0 Å². The summed E-state index contributed by atoms with van der Waals surface area (Å²) in [7, 11) is 0. The van der Waals surface area contributed by atoms with Crippen LogP contribution in [0, 0.1) is 0 Å². The minimum Gasteiger partial charge on any atom is -0.326 e. The molecule has 0 spiro atoms. The number of anilines is 1. The molecular formula is C12H14N4O. The summed E-state index contributed by atoms with van der Waals surface area (Å²) in [6, 6.07) is 9.27. The van der Waals surface area contributed by atoms with E-state index in [-0.39, 0.29) is 12.5 Å². The molecule has 2 aromatic rings. The van der Waals surface area contributed by atoms with Crippen molar-refractivity contribution in [3.8, 4) is 0 Å². The van der Waals surface area contributed by atoms with Gasteiger partial charge < -0.3 is 11.1 Å². The summed E-state index contributed by atoms with van der Waals surface area (Å²) >= 11 is 0. The Morgan fingerprint density at radius 1 is 1.35 bits per heavy atom. The van der Waals surface area contributed by atoms with E-state index in [9.17, 15) is 4.79 Å². The van der Waals surface area contributed by atoms with Crippen molar-refractivity contribution >= 4 is 11.6 Å². The normalized spacial score (nSPS) is 10.2. The Morgan fingerprint density at radius 2 is 2.18 bits per heavy atom. The number of nitrogens with two attached hydrogens (primary N) is 1. The maximum Gasteiger partial charge on any atom is 0.246 e. The fourth-order valence-corrected chi connectivity index (χ4v) is 1.55. The van der Waals surface area contributed by atoms with Crippen LogP contribution in [0.1, 0.15) is 5.56 Å². The molecule has 0 bridgehead atoms. The highest BCUT2D eigenvalue weighted by atomic mass is 16.2. The lowest BCUT2D eigenvalue weighted by Crippen LogP contribution is -2.20. The van der Waals surface area contributed by atoms with Crippen LogP contribution in [0.5, 0.6) is 0 Å². The number of nitrogens with one attached hydrogen (secondary N) is 1. The van der Waals surface area contributed by atoms with Crippen molar-refractivity contribution in [1.82, 2.24) is 9.78 Å². The molecule has 1 amide bonds. The summed E-state index contributed by atoms with van der Waals surface area (Å²) in [5, 5.41) is 6.79. The molecule has 1 heterocycles. The molecule has 0 fully saturated rings. The highest BCUT2D eigenvalue weighted by molar-refractivity contribution is 5.91. The zero-order valence-corrected chi connectivity index (χ0v) is 9.34. The maximum absolute atomic E-state index is 11.7. The number of rotatable bonds is 4. The van der Waals surface area contributed by atoms with Gasteiger partial charge in [0.05, 0.1) is 0 Å². The Morgan fingerprint density at radius 3 is 2.88 bits per heavy atom. The van der Waals surface area contributed by atoms with E-state index in [1.54, 1.807) is 23.1 Å². The van der Waals surface area contributed by atoms with E-state index in [0.717, 1.165) is 11.3 Å². The number of nitrogens with zero attached hydrogens (tertiary/aromatic N) is 2. The highest BCUT2D eigenvalue weighted by Crippen LogP contribution is 2.13. The first-order valence-corrected chi connectivity index (χ1v) is 5.35. The average molecular weight is 230 g/mol. The fraction of sp³-hybridized carbons (Fsp3) is 0.167. The van der Waals surface area contributed by atoms with E-state index < -0.39 is 0 Å². The first-order chi connectivity index (χ1) is 8.29. The van der Waals surface area contributed by atoms with Crippen molar-refractivity contribution in [3.05, 3.63) is 48.3 Å². The molecule has 1 aromatic carbocycles. The predicted octanol–water partition coefficient (Wildman–Crippen LogP) is 0.980. The molecule has 0 saturated carbocycles. The van der Waals surface area contributed by atoms with Gasteiger partial charge in [0.25, 0.3) is 0 Å². The van der Waals surface area contributed by atoms with Crippen molar-refractivity contribution in [2.75, 3.05) is 5.32 Å². The molecule has 0 aliphatic rings. The summed E-state index contributed by atoms with van der Waals surface area (Å²) in [6.45, 7) is 0.601. The smallest absolute Gasteiger partial charge is 0.246 e. The number of carbonyl (C=O) groups excluding carboxylic acids is 1. The minimum atomic E-state index is -0.116. The molecule has 0 aliphatic heterocycles. The van der Waals surface area contributed by atoms with E-state index in [1.165, 1.54) is 0 Å². The zero-order chi connectivity index (χ0) is 12.1. The third-order valence-electron chi connectivity index (χ3n) is 2.38. The molecule has 1 aromatic heterocycles. The summed E-state index contributed by atoms with van der Waals surface area (Å²) < 4.78 is 1.57. The average Bonchev–Trinajstić information content (AvgIpc) is 2.82. The Bertz CT molecular complexity index is 493. The van der Waals surface area contributed by atoms with Gasteiger partial charge in [0, 0.05) is 24.6 Å². The Labute approximate surface area is 99.2 Å². The molecule has 0 atom stereocenters. The van der Waals surface area contributed by atoms with E-state index in [1.807, 2.05) is 24.3 Å². The van der Waals surface area contributed by atoms with E-state index in [2.05, 4.69) is 10.4 Å². The van der Waals surface area contributed by atoms with Gasteiger partial charge in [0.15, 0.2) is 0 Å². The number of hydrogen-bond donors (Lipinski definition) is 2. The third-order valence-corrected chi connectivity index (χ3v) is 2.38. The SMILES string of the molecule is NCc1ccccc1NC(=O)Cn1cccn1. The van der Waals surface area contributed by atoms with Gasteiger partial charge in [0.2, 0.25) is 5.91 Å². The van der Waals surface area contributed by atoms with E-state index >= 15 is 0 Å². The van der Waals surface area contributed by atoms with Crippen molar-refractivity contribution in [2.45, 2.75) is 13.1 Å². The van der Waals surface area contributed by atoms with Crippen LogP contribution in [0.25, 0.3) is 0 Å². The van der Waals surface area contributed by atoms with Crippen molar-refractivity contribution in [3.63, 3.8) is 0 Å². The standard InChI is InChI=1S/C12H14N4O/c13-8-10-4-1-2-5-11(10)15-12(17)9-16-7-3-6-14-16/h1-7H,8-9,13H2,(H,15,17). The molecular weight excluding hydrogens is 216 g/mol. The molecule has 3 N–H and O–H groups in total. The lowest BCUT2D eigenvalue weighted by molar-refractivity contribution is -0.116. The van der Waals surface area contributed by atoms with Crippen LogP contribution in [0.3, 0.4) is 0 Å². The first-order valence-electron chi connectivity index (χ1n) is 5.35. The highest BCUT2D eigenvalue weighted by Gasteiger charge is 2.06. The maximum atomic E-state index is 11.7. The molecule has 0 aliphatic carbocycles. The lowest BCUT2D eigenvalue weighted by atomic mass is 10.2. The molecule has 17 heavy (non-hydrogen) atoms. The molecule has 2 rings (SSSR count). The van der Waals surface area contributed by atoms with Gasteiger partial charge in [-0.3, -0.25) is 9.48 Å². The molecule has 0 saturated heterocycles. The second-order valence-corrected chi connectivity index (χ2v) is 3.61. The topological polar surface area (TPSA) is 72.9 Å². The number of para-hydroxylation sites is 1. The molecule has 0 radical (unpaired) electrons. The quantitative estimate of drug-likeness (QED) is 0.822. The van der Waals surface area contributed by atoms with Crippen LogP contribution >= 0.6 is 0 Å². The van der Waals surface area contributed by atoms with Crippen molar-refractivity contribution in [2.24, 2.45) is 5.73 Å². The lowest BCUT2D eigenvalue weighted by Gasteiger charge is -2.09. The molecule has 0 unspecified atom stereocenters. The fourth-order valence-electron chi connectivity index (χ4n) is 1.55. The van der Waals surface area contributed by atoms with Gasteiger partial charge in [-0.15, -0.1) is 0 Å². The third kappa shape index (κ3) is 2.92.